The molecule has 204 valence electrons. The normalized spacial score (nSPS) is 10.6. The Labute approximate surface area is 223 Å². The Morgan fingerprint density at radius 1 is 1.08 bits per heavy atom. The van der Waals surface area contributed by atoms with E-state index in [1.807, 2.05) is 13.8 Å². The van der Waals surface area contributed by atoms with E-state index in [1.54, 1.807) is 24.3 Å². The number of nitrogens with two attached hydrogens (primary N) is 2. The van der Waals surface area contributed by atoms with E-state index < -0.39 is 29.9 Å². The van der Waals surface area contributed by atoms with Crippen molar-refractivity contribution in [2.45, 2.75) is 33.0 Å². The van der Waals surface area contributed by atoms with Gasteiger partial charge in [0.15, 0.2) is 5.82 Å². The highest BCUT2D eigenvalue weighted by Crippen LogP contribution is 2.23. The molecular weight excluding hydrogens is 504 g/mol. The maximum atomic E-state index is 13.3. The van der Waals surface area contributed by atoms with Crippen LogP contribution in [0.2, 0.25) is 0 Å². The number of carboxylic acids is 1. The van der Waals surface area contributed by atoms with Crippen molar-refractivity contribution in [2.75, 3.05) is 17.6 Å². The monoisotopic (exact) mass is 534 g/mol. The third-order valence-electron chi connectivity index (χ3n) is 5.45. The molecule has 0 saturated heterocycles. The molecule has 0 spiro atoms. The minimum atomic E-state index is -1.21. The van der Waals surface area contributed by atoms with Gasteiger partial charge >= 0.3 is 5.97 Å². The number of nitrogen functional groups attached to an aromatic ring is 2. The van der Waals surface area contributed by atoms with Crippen LogP contribution in [0.5, 0.6) is 0 Å². The van der Waals surface area contributed by atoms with Crippen LogP contribution in [0, 0.1) is 5.41 Å². The highest BCUT2D eigenvalue weighted by Gasteiger charge is 2.18. The molecule has 9 N–H and O–H groups in total. The molecule has 1 heterocycles. The van der Waals surface area contributed by atoms with Gasteiger partial charge in [-0.2, -0.15) is 0 Å². The van der Waals surface area contributed by atoms with Crippen LogP contribution in [0.3, 0.4) is 0 Å². The lowest BCUT2D eigenvalue weighted by Crippen LogP contribution is -2.35. The molecule has 0 atom stereocenters. The van der Waals surface area contributed by atoms with Gasteiger partial charge in [0.2, 0.25) is 5.91 Å². The number of hydrogen-bond donors (Lipinski definition) is 7. The van der Waals surface area contributed by atoms with Gasteiger partial charge in [-0.15, -0.1) is 0 Å². The summed E-state index contributed by atoms with van der Waals surface area (Å²) in [5.74, 6) is -2.35. The summed E-state index contributed by atoms with van der Waals surface area (Å²) in [6.45, 7) is 2.91. The van der Waals surface area contributed by atoms with Gasteiger partial charge in [0, 0.05) is 35.0 Å². The third-order valence-corrected chi connectivity index (χ3v) is 5.45. The number of nitrogens with one attached hydrogen (secondary N) is 4. The molecular formula is C26H30N8O5. The molecule has 1 aromatic heterocycles. The molecule has 0 fully saturated rings. The molecule has 2 amide bonds. The molecule has 0 bridgehead atoms. The SMILES string of the molecule is CC(C)Nc1ncc(-c2cc(N)cc(C(=O)NCC(=O)O)c2)n(CC(=O)NCc2ccc(C(=N)N)cc2)c1=O. The van der Waals surface area contributed by atoms with E-state index in [1.165, 1.54) is 29.0 Å². The highest BCUT2D eigenvalue weighted by atomic mass is 16.4. The molecule has 0 aliphatic rings. The molecule has 0 radical (unpaired) electrons. The zero-order chi connectivity index (χ0) is 28.7. The summed E-state index contributed by atoms with van der Waals surface area (Å²) in [4.78, 5) is 53.8. The Hall–Kier alpha value is -5.20. The van der Waals surface area contributed by atoms with Gasteiger partial charge in [-0.25, -0.2) is 4.98 Å². The summed E-state index contributed by atoms with van der Waals surface area (Å²) in [5.41, 5.74) is 13.1. The van der Waals surface area contributed by atoms with E-state index in [4.69, 9.17) is 22.0 Å². The largest absolute Gasteiger partial charge is 0.480 e. The Morgan fingerprint density at radius 2 is 1.77 bits per heavy atom. The topological polar surface area (TPSA) is 218 Å². The van der Waals surface area contributed by atoms with E-state index in [0.29, 0.717) is 11.1 Å². The van der Waals surface area contributed by atoms with E-state index in [-0.39, 0.29) is 47.7 Å². The number of benzene rings is 2. The number of aliphatic carboxylic acids is 1. The molecule has 39 heavy (non-hydrogen) atoms. The second kappa shape index (κ2) is 12.4. The maximum absolute atomic E-state index is 13.3. The second-order valence-corrected chi connectivity index (χ2v) is 8.99. The average Bonchev–Trinajstić information content (AvgIpc) is 2.88. The number of rotatable bonds is 11. The predicted molar refractivity (Wildman–Crippen MR) is 146 cm³/mol. The third kappa shape index (κ3) is 7.64. The Bertz CT molecular complexity index is 1460. The van der Waals surface area contributed by atoms with Crippen LogP contribution in [-0.2, 0) is 22.7 Å². The summed E-state index contributed by atoms with van der Waals surface area (Å²) in [7, 11) is 0. The number of carbonyl (C=O) groups excluding carboxylic acids is 2. The highest BCUT2D eigenvalue weighted by molar-refractivity contribution is 5.98. The van der Waals surface area contributed by atoms with Crippen molar-refractivity contribution in [2.24, 2.45) is 5.73 Å². The summed E-state index contributed by atoms with van der Waals surface area (Å²) < 4.78 is 1.22. The number of hydrogen-bond acceptors (Lipinski definition) is 8. The summed E-state index contributed by atoms with van der Waals surface area (Å²) in [5, 5.41) is 24.3. The van der Waals surface area contributed by atoms with Gasteiger partial charge < -0.3 is 32.5 Å². The number of nitrogens with zero attached hydrogens (tertiary/aromatic N) is 2. The van der Waals surface area contributed by atoms with Gasteiger partial charge in [-0.3, -0.25) is 29.2 Å². The van der Waals surface area contributed by atoms with Crippen LogP contribution in [0.1, 0.15) is 35.3 Å². The standard InChI is InChI=1S/C26H30N8O5/c1-14(2)33-24-26(39)34(13-21(35)30-10-15-3-5-16(6-4-15)23(28)29)20(11-31-24)17-7-18(9-19(27)8-17)25(38)32-12-22(36)37/h3-9,11,14H,10,12-13,27H2,1-2H3,(H3,28,29)(H,30,35)(H,31,33)(H,32,38)(H,36,37). The second-order valence-electron chi connectivity index (χ2n) is 8.99. The smallest absolute Gasteiger partial charge is 0.322 e. The van der Waals surface area contributed by atoms with E-state index in [9.17, 15) is 19.2 Å². The van der Waals surface area contributed by atoms with Crippen molar-refractivity contribution >= 4 is 35.1 Å². The lowest BCUT2D eigenvalue weighted by atomic mass is 10.1. The summed E-state index contributed by atoms with van der Waals surface area (Å²) in [6, 6.07) is 11.0. The number of carboxylic acid groups (broad SMARTS) is 1. The number of amidine groups is 1. The quantitative estimate of drug-likeness (QED) is 0.105. The molecule has 13 nitrogen and oxygen atoms in total. The summed E-state index contributed by atoms with van der Waals surface area (Å²) >= 11 is 0. The first-order valence-corrected chi connectivity index (χ1v) is 11.9. The van der Waals surface area contributed by atoms with Crippen molar-refractivity contribution in [3.05, 3.63) is 75.7 Å². The summed E-state index contributed by atoms with van der Waals surface area (Å²) in [6.07, 6.45) is 1.40. The minimum absolute atomic E-state index is 0.0460. The van der Waals surface area contributed by atoms with Crippen LogP contribution in [-0.4, -0.2) is 50.9 Å². The molecule has 0 unspecified atom stereocenters. The van der Waals surface area contributed by atoms with Crippen molar-refractivity contribution < 1.29 is 19.5 Å². The first-order chi connectivity index (χ1) is 18.4. The minimum Gasteiger partial charge on any atom is -0.480 e. The Balaban J connectivity index is 1.93. The average molecular weight is 535 g/mol. The van der Waals surface area contributed by atoms with Crippen LogP contribution >= 0.6 is 0 Å². The molecule has 0 aliphatic carbocycles. The molecule has 0 saturated carbocycles. The van der Waals surface area contributed by atoms with E-state index in [2.05, 4.69) is 20.9 Å². The van der Waals surface area contributed by atoms with Crippen molar-refractivity contribution in [1.29, 1.82) is 5.41 Å². The van der Waals surface area contributed by atoms with Crippen LogP contribution in [0.4, 0.5) is 11.5 Å². The van der Waals surface area contributed by atoms with Crippen LogP contribution in [0.15, 0.2) is 53.5 Å². The van der Waals surface area contributed by atoms with Crippen molar-refractivity contribution in [3.8, 4) is 11.3 Å². The Kier molecular flexibility index (Phi) is 8.99. The van der Waals surface area contributed by atoms with Gasteiger partial charge in [-0.1, -0.05) is 24.3 Å². The molecule has 13 heteroatoms. The molecule has 3 aromatic rings. The van der Waals surface area contributed by atoms with E-state index in [0.717, 1.165) is 5.56 Å². The zero-order valence-electron chi connectivity index (χ0n) is 21.4. The number of anilines is 2. The fourth-order valence-corrected chi connectivity index (χ4v) is 3.64. The fraction of sp³-hybridized carbons (Fsp3) is 0.231. The first kappa shape index (κ1) is 28.4. The maximum Gasteiger partial charge on any atom is 0.322 e. The predicted octanol–water partition coefficient (Wildman–Crippen LogP) is 0.728. The number of amides is 2. The van der Waals surface area contributed by atoms with Crippen LogP contribution < -0.4 is 33.0 Å². The lowest BCUT2D eigenvalue weighted by molar-refractivity contribution is -0.135. The van der Waals surface area contributed by atoms with Crippen molar-refractivity contribution in [3.63, 3.8) is 0 Å². The van der Waals surface area contributed by atoms with Gasteiger partial charge in [-0.05, 0) is 37.6 Å². The van der Waals surface area contributed by atoms with Crippen LogP contribution in [0.25, 0.3) is 11.3 Å². The molecule has 0 aliphatic heterocycles. The molecule has 2 aromatic carbocycles. The fourth-order valence-electron chi connectivity index (χ4n) is 3.64. The van der Waals surface area contributed by atoms with Gasteiger partial charge in [0.25, 0.3) is 11.5 Å². The first-order valence-electron chi connectivity index (χ1n) is 11.9. The van der Waals surface area contributed by atoms with Gasteiger partial charge in [0.05, 0.1) is 11.9 Å². The van der Waals surface area contributed by atoms with E-state index >= 15 is 0 Å². The zero-order valence-corrected chi connectivity index (χ0v) is 21.4. The van der Waals surface area contributed by atoms with Gasteiger partial charge in [0.1, 0.15) is 18.9 Å². The lowest BCUT2D eigenvalue weighted by Gasteiger charge is -2.17. The molecule has 3 rings (SSSR count). The Morgan fingerprint density at radius 3 is 2.38 bits per heavy atom. The number of carbonyl (C=O) groups is 3. The number of aromatic nitrogens is 2. The van der Waals surface area contributed by atoms with Crippen molar-refractivity contribution in [1.82, 2.24) is 20.2 Å².